The van der Waals surface area contributed by atoms with Crippen molar-refractivity contribution in [1.29, 1.82) is 0 Å². The molecule has 1 aliphatic rings. The van der Waals surface area contributed by atoms with E-state index in [-0.39, 0.29) is 33.7 Å². The molecule has 0 aromatic heterocycles. The molecular formula is C3H2Cl4N3O3-. The third-order valence-corrected chi connectivity index (χ3v) is 1.59. The molecule has 6 nitrogen and oxygen atoms in total. The highest BCUT2D eigenvalue weighted by atomic mass is 35.5. The van der Waals surface area contributed by atoms with E-state index < -0.39 is 18.1 Å². The Morgan fingerprint density at radius 3 is 1.54 bits per heavy atom. The molecule has 1 saturated heterocycles. The molecule has 0 saturated carbocycles. The molecule has 1 aliphatic heterocycles. The number of halogens is 4. The van der Waals surface area contributed by atoms with Gasteiger partial charge in [0, 0.05) is 23.6 Å². The average Bonchev–Trinajstić information content (AvgIpc) is 1.97. The van der Waals surface area contributed by atoms with Crippen LogP contribution in [0.2, 0.25) is 0 Å². The Morgan fingerprint density at radius 2 is 1.23 bits per heavy atom. The highest BCUT2D eigenvalue weighted by Gasteiger charge is 2.41. The summed E-state index contributed by atoms with van der Waals surface area (Å²) in [5.74, 6) is 0. The van der Waals surface area contributed by atoms with Crippen LogP contribution in [0.15, 0.2) is 0 Å². The first-order valence-corrected chi connectivity index (χ1v) is 3.10. The summed E-state index contributed by atoms with van der Waals surface area (Å²) in [6.45, 7) is 0. The maximum atomic E-state index is 10.7. The van der Waals surface area contributed by atoms with Gasteiger partial charge in [-0.2, -0.15) is 5.32 Å². The molecule has 13 heavy (non-hydrogen) atoms. The lowest BCUT2D eigenvalue weighted by Crippen LogP contribution is -3.00. The van der Waals surface area contributed by atoms with Crippen molar-refractivity contribution in [3.63, 3.8) is 0 Å². The molecule has 0 unspecified atom stereocenters. The molecule has 10 heteroatoms. The Morgan fingerprint density at radius 1 is 0.923 bits per heavy atom. The fraction of sp³-hybridized carbons (Fsp3) is 0. The molecule has 76 valence electrons. The quantitative estimate of drug-likeness (QED) is 0.445. The number of hydrogen-bond acceptors (Lipinski definition) is 3. The largest absolute Gasteiger partial charge is 1.00 e. The van der Waals surface area contributed by atoms with Gasteiger partial charge < -0.3 is 24.8 Å². The van der Waals surface area contributed by atoms with Crippen LogP contribution in [0.4, 0.5) is 14.4 Å². The van der Waals surface area contributed by atoms with Gasteiger partial charge in [0.15, 0.2) is 0 Å². The zero-order chi connectivity index (χ0) is 8.59. The number of nitrogens with zero attached hydrogens (tertiary/aromatic N) is 2. The fourth-order valence-corrected chi connectivity index (χ4v) is 0.772. The van der Waals surface area contributed by atoms with Crippen molar-refractivity contribution in [1.82, 2.24) is 8.84 Å². The second-order valence-electron chi connectivity index (χ2n) is 1.67. The monoisotopic (exact) mass is 268 g/mol. The number of nitrogens with two attached hydrogens (primary N) is 1. The van der Waals surface area contributed by atoms with Gasteiger partial charge >= 0.3 is 18.1 Å². The van der Waals surface area contributed by atoms with Gasteiger partial charge in [0.2, 0.25) is 0 Å². The van der Waals surface area contributed by atoms with Crippen LogP contribution in [0.3, 0.4) is 0 Å². The number of urea groups is 3. The Kier molecular flexibility index (Phi) is 6.39. The summed E-state index contributed by atoms with van der Waals surface area (Å²) in [6.07, 6.45) is 0. The van der Waals surface area contributed by atoms with Crippen LogP contribution >= 0.6 is 23.6 Å². The first kappa shape index (κ1) is 15.2. The molecule has 0 aromatic rings. The summed E-state index contributed by atoms with van der Waals surface area (Å²) in [7, 11) is 0. The van der Waals surface area contributed by atoms with Crippen molar-refractivity contribution in [3.05, 3.63) is 0 Å². The van der Waals surface area contributed by atoms with Crippen LogP contribution in [0.1, 0.15) is 0 Å². The molecule has 1 rings (SSSR count). The van der Waals surface area contributed by atoms with Crippen molar-refractivity contribution >= 4 is 41.6 Å². The second kappa shape index (κ2) is 5.46. The highest BCUT2D eigenvalue weighted by Crippen LogP contribution is 2.07. The minimum Gasteiger partial charge on any atom is -1.00 e. The fourth-order valence-electron chi connectivity index (χ4n) is 0.485. The lowest BCUT2D eigenvalue weighted by atomic mass is 10.7. The van der Waals surface area contributed by atoms with Gasteiger partial charge in [0.1, 0.15) is 0 Å². The summed E-state index contributed by atoms with van der Waals surface area (Å²) < 4.78 is 0.433. The summed E-state index contributed by atoms with van der Waals surface area (Å²) >= 11 is 10.2. The van der Waals surface area contributed by atoms with Gasteiger partial charge in [0.25, 0.3) is 0 Å². The van der Waals surface area contributed by atoms with Gasteiger partial charge in [-0.15, -0.1) is 8.84 Å². The van der Waals surface area contributed by atoms with Crippen LogP contribution in [0.5, 0.6) is 0 Å². The number of amides is 6. The van der Waals surface area contributed by atoms with E-state index in [1.807, 2.05) is 0 Å². The van der Waals surface area contributed by atoms with Crippen molar-refractivity contribution in [2.75, 3.05) is 0 Å². The second-order valence-corrected chi connectivity index (χ2v) is 2.34. The molecular weight excluding hydrogens is 268 g/mol. The van der Waals surface area contributed by atoms with Crippen LogP contribution in [-0.2, 0) is 0 Å². The number of rotatable bonds is 0. The third-order valence-electron chi connectivity index (χ3n) is 0.970. The van der Waals surface area contributed by atoms with E-state index in [4.69, 9.17) is 23.6 Å². The van der Waals surface area contributed by atoms with Crippen LogP contribution < -0.4 is 30.1 Å². The van der Waals surface area contributed by atoms with E-state index in [2.05, 4.69) is 0 Å². The molecule has 0 aliphatic carbocycles. The molecule has 6 amide bonds. The molecule has 0 radical (unpaired) electrons. The van der Waals surface area contributed by atoms with Crippen LogP contribution in [0.25, 0.3) is 0 Å². The Balaban J connectivity index is 0. The lowest BCUT2D eigenvalue weighted by molar-refractivity contribution is -0.463. The minimum atomic E-state index is -1.06. The van der Waals surface area contributed by atoms with E-state index in [9.17, 15) is 14.4 Å². The summed E-state index contributed by atoms with van der Waals surface area (Å²) in [6, 6.07) is -2.84. The third kappa shape index (κ3) is 2.85. The summed E-state index contributed by atoms with van der Waals surface area (Å²) in [5, 5.41) is 0.612. The Bertz CT molecular complexity index is 224. The van der Waals surface area contributed by atoms with Crippen molar-refractivity contribution in [3.8, 4) is 0 Å². The molecule has 1 heterocycles. The Labute approximate surface area is 95.2 Å². The van der Waals surface area contributed by atoms with Gasteiger partial charge in [-0.1, -0.05) is 0 Å². The molecule has 0 spiro atoms. The van der Waals surface area contributed by atoms with Crippen LogP contribution in [0, 0.1) is 0 Å². The maximum absolute atomic E-state index is 10.7. The topological polar surface area (TPSA) is 74.3 Å². The zero-order valence-corrected chi connectivity index (χ0v) is 8.73. The number of carbonyl (C=O) groups excluding carboxylic acids is 3. The number of carbonyl (C=O) groups is 3. The number of imide groups is 3. The zero-order valence-electron chi connectivity index (χ0n) is 5.71. The van der Waals surface area contributed by atoms with Crippen molar-refractivity contribution < 1.29 is 44.5 Å². The highest BCUT2D eigenvalue weighted by molar-refractivity contribution is 6.38. The van der Waals surface area contributed by atoms with E-state index in [0.717, 1.165) is 0 Å². The molecule has 2 N–H and O–H groups in total. The smallest absolute Gasteiger partial charge is 0.448 e. The minimum absolute atomic E-state index is 0. The predicted octanol–water partition coefficient (Wildman–Crippen LogP) is -6.16. The van der Waals surface area contributed by atoms with Crippen LogP contribution in [-0.4, -0.2) is 26.9 Å². The number of quaternary nitrogens is 1. The Hall–Kier alpha value is -0.270. The molecule has 0 aromatic carbocycles. The lowest BCUT2D eigenvalue weighted by Gasteiger charge is -2.17. The molecule has 0 atom stereocenters. The van der Waals surface area contributed by atoms with E-state index in [0.29, 0.717) is 5.32 Å². The van der Waals surface area contributed by atoms with Gasteiger partial charge in [-0.3, -0.25) is 0 Å². The average molecular weight is 270 g/mol. The maximum Gasteiger partial charge on any atom is 0.448 e. The van der Waals surface area contributed by atoms with Crippen molar-refractivity contribution in [2.24, 2.45) is 0 Å². The first-order chi connectivity index (χ1) is 5.04. The standard InChI is InChI=1S/C3HCl2N3O3.2ClH/c4-7-1(9)6-2(10)8(5)3(7)11;;/h(H,6,9,10);2*1H/p-1. The van der Waals surface area contributed by atoms with Crippen molar-refractivity contribution in [2.45, 2.75) is 0 Å². The van der Waals surface area contributed by atoms with E-state index in [1.54, 1.807) is 0 Å². The number of hydrogen-bond donors (Lipinski definition) is 1. The summed E-state index contributed by atoms with van der Waals surface area (Å²) in [4.78, 5) is 31.8. The number of primary amides is 2. The summed E-state index contributed by atoms with van der Waals surface area (Å²) in [5.41, 5.74) is 0. The van der Waals surface area contributed by atoms with Gasteiger partial charge in [-0.25, -0.2) is 14.4 Å². The molecule has 1 fully saturated rings. The van der Waals surface area contributed by atoms with Gasteiger partial charge in [-0.05, 0) is 0 Å². The first-order valence-electron chi connectivity index (χ1n) is 2.42. The van der Waals surface area contributed by atoms with Gasteiger partial charge in [0.05, 0.1) is 0 Å². The van der Waals surface area contributed by atoms with E-state index >= 15 is 0 Å². The predicted molar refractivity (Wildman–Crippen MR) is 33.5 cm³/mol. The molecule has 0 bridgehead atoms. The van der Waals surface area contributed by atoms with E-state index in [1.165, 1.54) is 0 Å². The normalized spacial score (nSPS) is 16.6. The SMILES string of the molecule is O=C1[NH2+]C(=O)N(Cl)C(=O)N1Cl.[Cl-].[Cl-].